The van der Waals surface area contributed by atoms with E-state index in [4.69, 9.17) is 0 Å². The average molecular weight is 871 g/mol. The molecule has 0 amide bonds. The Balaban J connectivity index is 1.59. The predicted octanol–water partition coefficient (Wildman–Crippen LogP) is 20.4. The van der Waals surface area contributed by atoms with Gasteiger partial charge >= 0.3 is 0 Å². The molecule has 362 valence electrons. The number of pyridine rings is 1. The Morgan fingerprint density at radius 1 is 0.302 bits per heavy atom. The van der Waals surface area contributed by atoms with Gasteiger partial charge in [0.2, 0.25) is 0 Å². The third-order valence-corrected chi connectivity index (χ3v) is 14.0. The third-order valence-electron chi connectivity index (χ3n) is 14.0. The summed E-state index contributed by atoms with van der Waals surface area (Å²) in [5.74, 6) is 0. The highest BCUT2D eigenvalue weighted by Crippen LogP contribution is 2.21. The van der Waals surface area contributed by atoms with Gasteiger partial charge in [0, 0.05) is 37.3 Å². The molecule has 0 fully saturated rings. The number of hydrogen-bond donors (Lipinski definition) is 0. The van der Waals surface area contributed by atoms with E-state index in [1.54, 1.807) is 0 Å². The molecule has 2 heteroatoms. The lowest BCUT2D eigenvalue weighted by molar-refractivity contribution is -0.697. The van der Waals surface area contributed by atoms with Gasteiger partial charge in [0.1, 0.15) is 6.54 Å². The first kappa shape index (κ1) is 57.0. The van der Waals surface area contributed by atoms with Crippen molar-refractivity contribution < 1.29 is 4.57 Å². The van der Waals surface area contributed by atoms with Crippen LogP contribution < -0.4 is 9.47 Å². The Labute approximate surface area is 395 Å². The molecule has 0 aliphatic rings. The molecule has 63 heavy (non-hydrogen) atoms. The molecule has 2 aromatic rings. The van der Waals surface area contributed by atoms with Crippen LogP contribution in [-0.4, -0.2) is 13.1 Å². The highest BCUT2D eigenvalue weighted by atomic mass is 15.1. The predicted molar refractivity (Wildman–Crippen MR) is 285 cm³/mol. The van der Waals surface area contributed by atoms with Crippen LogP contribution in [0.4, 0.5) is 5.69 Å². The number of rotatable bonds is 48. The number of aryl methyl sites for hydroxylation is 1. The van der Waals surface area contributed by atoms with Crippen LogP contribution in [0.3, 0.4) is 0 Å². The number of aromatic nitrogens is 1. The molecule has 0 bridgehead atoms. The third kappa shape index (κ3) is 35.8. The van der Waals surface area contributed by atoms with Gasteiger partial charge in [-0.2, -0.15) is 0 Å². The largest absolute Gasteiger partial charge is 0.372 e. The molecule has 0 atom stereocenters. The smallest absolute Gasteiger partial charge is 0.169 e. The van der Waals surface area contributed by atoms with Gasteiger partial charge in [0.05, 0.1) is 0 Å². The van der Waals surface area contributed by atoms with Crippen LogP contribution in [0.2, 0.25) is 0 Å². The minimum atomic E-state index is 1.11. The summed E-state index contributed by atoms with van der Waals surface area (Å²) < 4.78 is 2.30. The van der Waals surface area contributed by atoms with Gasteiger partial charge in [-0.1, -0.05) is 295 Å². The molecule has 0 N–H and O–H groups in total. The molecule has 0 aliphatic carbocycles. The van der Waals surface area contributed by atoms with E-state index in [2.05, 4.69) is 91.2 Å². The summed E-state index contributed by atoms with van der Waals surface area (Å²) in [6.45, 7) is 10.4. The fraction of sp³-hybridized carbons (Fsp3) is 0.787. The number of hydrogen-bond acceptors (Lipinski definition) is 1. The van der Waals surface area contributed by atoms with E-state index < -0.39 is 0 Å². The molecule has 1 aromatic carbocycles. The van der Waals surface area contributed by atoms with Crippen LogP contribution >= 0.6 is 0 Å². The Hall–Kier alpha value is -2.09. The lowest BCUT2D eigenvalue weighted by Crippen LogP contribution is -2.32. The Morgan fingerprint density at radius 2 is 0.556 bits per heavy atom. The van der Waals surface area contributed by atoms with Gasteiger partial charge in [0.15, 0.2) is 12.4 Å². The number of unbranched alkanes of at least 4 members (excludes halogenated alkanes) is 39. The molecule has 1 aromatic heterocycles. The summed E-state index contributed by atoms with van der Waals surface area (Å²) in [6.07, 6.45) is 69.2. The molecule has 0 aliphatic heterocycles. The molecule has 0 saturated heterocycles. The van der Waals surface area contributed by atoms with E-state index in [1.807, 2.05) is 0 Å². The van der Waals surface area contributed by atoms with Crippen molar-refractivity contribution in [3.8, 4) is 0 Å². The van der Waals surface area contributed by atoms with Gasteiger partial charge in [-0.3, -0.25) is 0 Å². The molecule has 0 saturated carbocycles. The van der Waals surface area contributed by atoms with Crippen molar-refractivity contribution in [1.82, 2.24) is 0 Å². The molecule has 2 nitrogen and oxygen atoms in total. The van der Waals surface area contributed by atoms with Crippen molar-refractivity contribution >= 4 is 17.8 Å². The summed E-state index contributed by atoms with van der Waals surface area (Å²) in [7, 11) is 0. The Bertz CT molecular complexity index is 1170. The van der Waals surface area contributed by atoms with Crippen molar-refractivity contribution in [2.45, 2.75) is 297 Å². The molecule has 2 rings (SSSR count). The average Bonchev–Trinajstić information content (AvgIpc) is 3.31. The maximum absolute atomic E-state index is 2.71. The maximum atomic E-state index is 2.71. The Kier molecular flexibility index (Phi) is 40.8. The van der Waals surface area contributed by atoms with E-state index in [0.29, 0.717) is 0 Å². The monoisotopic (exact) mass is 870 g/mol. The highest BCUT2D eigenvalue weighted by Gasteiger charge is 2.07. The van der Waals surface area contributed by atoms with E-state index >= 15 is 0 Å². The SMILES string of the molecule is CCCCCCCCCCCCCCCCCCCCCCN(CCCCCCCCCCCCCCCCCCCCCC)c1ccc(/C=C/c2cc[n+](CCCC)cc2)cc1. The fourth-order valence-electron chi connectivity index (χ4n) is 9.54. The minimum absolute atomic E-state index is 1.11. The van der Waals surface area contributed by atoms with E-state index in [1.165, 1.54) is 300 Å². The number of benzene rings is 1. The van der Waals surface area contributed by atoms with Crippen LogP contribution in [0.25, 0.3) is 12.2 Å². The zero-order valence-corrected chi connectivity index (χ0v) is 43.0. The molecular weight excluding hydrogens is 761 g/mol. The normalized spacial score (nSPS) is 11.7. The Morgan fingerprint density at radius 3 is 0.841 bits per heavy atom. The fourth-order valence-corrected chi connectivity index (χ4v) is 9.54. The first-order valence-corrected chi connectivity index (χ1v) is 28.8. The zero-order chi connectivity index (χ0) is 44.8. The van der Waals surface area contributed by atoms with Crippen molar-refractivity contribution in [1.29, 1.82) is 0 Å². The molecule has 0 spiro atoms. The molecule has 0 unspecified atom stereocenters. The van der Waals surface area contributed by atoms with Crippen LogP contribution in [-0.2, 0) is 6.54 Å². The van der Waals surface area contributed by atoms with Crippen LogP contribution in [0.15, 0.2) is 48.8 Å². The van der Waals surface area contributed by atoms with Gasteiger partial charge < -0.3 is 4.90 Å². The molecular formula is C61H109N2+. The van der Waals surface area contributed by atoms with Gasteiger partial charge in [-0.25, -0.2) is 4.57 Å². The molecule has 1 heterocycles. The van der Waals surface area contributed by atoms with Crippen molar-refractivity contribution in [2.24, 2.45) is 0 Å². The number of anilines is 1. The van der Waals surface area contributed by atoms with Gasteiger partial charge in [-0.05, 0) is 36.1 Å². The quantitative estimate of drug-likeness (QED) is 0.0475. The second-order valence-corrected chi connectivity index (χ2v) is 20.1. The van der Waals surface area contributed by atoms with Crippen molar-refractivity contribution in [2.75, 3.05) is 18.0 Å². The summed E-state index contributed by atoms with van der Waals surface area (Å²) in [5, 5.41) is 0. The second kappa shape index (κ2) is 45.1. The summed E-state index contributed by atoms with van der Waals surface area (Å²) in [6, 6.07) is 13.9. The van der Waals surface area contributed by atoms with Crippen LogP contribution in [0.1, 0.15) is 302 Å². The first-order valence-electron chi connectivity index (χ1n) is 28.8. The summed E-state index contributed by atoms with van der Waals surface area (Å²) in [5.41, 5.74) is 3.98. The van der Waals surface area contributed by atoms with Crippen molar-refractivity contribution in [3.05, 3.63) is 59.9 Å². The lowest BCUT2D eigenvalue weighted by Gasteiger charge is -2.25. The minimum Gasteiger partial charge on any atom is -0.372 e. The van der Waals surface area contributed by atoms with Gasteiger partial charge in [0.25, 0.3) is 0 Å². The zero-order valence-electron chi connectivity index (χ0n) is 43.0. The van der Waals surface area contributed by atoms with E-state index in [0.717, 1.165) is 6.54 Å². The molecule has 0 radical (unpaired) electrons. The van der Waals surface area contributed by atoms with E-state index in [-0.39, 0.29) is 0 Å². The van der Waals surface area contributed by atoms with E-state index in [9.17, 15) is 0 Å². The van der Waals surface area contributed by atoms with Crippen LogP contribution in [0.5, 0.6) is 0 Å². The topological polar surface area (TPSA) is 7.12 Å². The first-order chi connectivity index (χ1) is 31.3. The van der Waals surface area contributed by atoms with Crippen molar-refractivity contribution in [3.63, 3.8) is 0 Å². The van der Waals surface area contributed by atoms with Crippen LogP contribution in [0, 0.1) is 0 Å². The number of nitrogens with zero attached hydrogens (tertiary/aromatic N) is 2. The van der Waals surface area contributed by atoms with Gasteiger partial charge in [-0.15, -0.1) is 0 Å². The summed E-state index contributed by atoms with van der Waals surface area (Å²) >= 11 is 0. The standard InChI is InChI=1S/C61H109N2/c1-4-7-10-12-14-16-18-20-22-24-26-28-30-32-34-36-38-40-42-44-55-63(61-50-48-59(49-51-61)46-47-60-52-57-62(58-53-60)54-9-6-3)56-45-43-41-39-37-35-33-31-29-27-25-23-21-19-17-15-13-11-8-5-2/h46-53,57-58H,4-45,54-56H2,1-3H3/q+1. The lowest BCUT2D eigenvalue weighted by atomic mass is 10.0. The second-order valence-electron chi connectivity index (χ2n) is 20.1. The highest BCUT2D eigenvalue weighted by molar-refractivity contribution is 5.70. The summed E-state index contributed by atoms with van der Waals surface area (Å²) in [4.78, 5) is 2.71. The maximum Gasteiger partial charge on any atom is 0.169 e.